The van der Waals surface area contributed by atoms with Crippen molar-refractivity contribution in [3.8, 4) is 5.75 Å². The number of aromatic hydroxyl groups is 1. The highest BCUT2D eigenvalue weighted by molar-refractivity contribution is 5.82. The van der Waals surface area contributed by atoms with Gasteiger partial charge >= 0.3 is 12.1 Å². The molecule has 1 N–H and O–H groups in total. The fourth-order valence-corrected chi connectivity index (χ4v) is 2.77. The summed E-state index contributed by atoms with van der Waals surface area (Å²) in [5.74, 6) is -0.587. The lowest BCUT2D eigenvalue weighted by Crippen LogP contribution is -2.49. The number of ether oxygens (including phenoxy) is 3. The second-order valence-corrected chi connectivity index (χ2v) is 7.81. The largest absolute Gasteiger partial charge is 0.508 e. The number of carbonyl (C=O) groups is 2. The topological polar surface area (TPSA) is 85.3 Å². The molecular weight excluding hydrogens is 386 g/mol. The van der Waals surface area contributed by atoms with Crippen molar-refractivity contribution >= 4 is 12.1 Å². The summed E-state index contributed by atoms with van der Waals surface area (Å²) in [6.07, 6.45) is -0.451. The molecule has 0 radical (unpaired) electrons. The third-order valence-corrected chi connectivity index (χ3v) is 4.18. The normalized spacial score (nSPS) is 12.1. The molecule has 7 nitrogen and oxygen atoms in total. The Bertz CT molecular complexity index is 831. The maximum atomic E-state index is 13.0. The molecular formula is C23H29NO6. The second-order valence-electron chi connectivity index (χ2n) is 7.81. The van der Waals surface area contributed by atoms with Crippen LogP contribution in [0, 0.1) is 0 Å². The van der Waals surface area contributed by atoms with Crippen LogP contribution in [-0.2, 0) is 32.0 Å². The number of para-hydroxylation sites is 1. The summed E-state index contributed by atoms with van der Waals surface area (Å²) in [4.78, 5) is 27.0. The number of amides is 1. The lowest BCUT2D eigenvalue weighted by molar-refractivity contribution is -0.153. The molecule has 0 fully saturated rings. The van der Waals surface area contributed by atoms with E-state index in [-0.39, 0.29) is 25.5 Å². The number of hydrogen-bond donors (Lipinski definition) is 1. The predicted molar refractivity (Wildman–Crippen MR) is 112 cm³/mol. The number of nitrogens with zero attached hydrogens (tertiary/aromatic N) is 1. The van der Waals surface area contributed by atoms with E-state index < -0.39 is 23.7 Å². The van der Waals surface area contributed by atoms with Gasteiger partial charge in [-0.05, 0) is 32.4 Å². The number of phenols is 1. The van der Waals surface area contributed by atoms with Crippen LogP contribution in [0.2, 0.25) is 0 Å². The van der Waals surface area contributed by atoms with Crippen LogP contribution in [0.1, 0.15) is 31.9 Å². The van der Waals surface area contributed by atoms with Gasteiger partial charge in [0, 0.05) is 19.1 Å². The zero-order valence-electron chi connectivity index (χ0n) is 17.8. The van der Waals surface area contributed by atoms with Crippen LogP contribution < -0.4 is 0 Å². The third kappa shape index (κ3) is 7.08. The Hall–Kier alpha value is -3.06. The van der Waals surface area contributed by atoms with E-state index in [4.69, 9.17) is 14.2 Å². The highest BCUT2D eigenvalue weighted by Gasteiger charge is 2.34. The van der Waals surface area contributed by atoms with Gasteiger partial charge in [-0.3, -0.25) is 4.90 Å². The average Bonchev–Trinajstić information content (AvgIpc) is 2.69. The standard InChI is InChI=1S/C23H29NO6/c1-23(2,3)30-22(27)24(16-28-4)19(14-17-10-6-5-7-11-17)21(26)29-15-18-12-8-9-13-20(18)25/h5-13,19,25H,14-16H2,1-4H3/t19-/m0/s1. The molecule has 0 unspecified atom stereocenters. The zero-order chi connectivity index (χ0) is 22.1. The molecule has 0 bridgehead atoms. The first kappa shape index (κ1) is 23.2. The molecule has 0 saturated carbocycles. The molecule has 0 heterocycles. The van der Waals surface area contributed by atoms with Crippen LogP contribution in [0.15, 0.2) is 54.6 Å². The summed E-state index contributed by atoms with van der Waals surface area (Å²) in [6, 6.07) is 14.9. The lowest BCUT2D eigenvalue weighted by atomic mass is 10.1. The Morgan fingerprint density at radius 3 is 2.27 bits per heavy atom. The summed E-state index contributed by atoms with van der Waals surface area (Å²) in [6.45, 7) is 4.99. The number of hydrogen-bond acceptors (Lipinski definition) is 6. The predicted octanol–water partition coefficient (Wildman–Crippen LogP) is 3.89. The van der Waals surface area contributed by atoms with Gasteiger partial charge in [0.2, 0.25) is 0 Å². The van der Waals surface area contributed by atoms with Gasteiger partial charge in [0.1, 0.15) is 30.7 Å². The van der Waals surface area contributed by atoms with Gasteiger partial charge in [0.25, 0.3) is 0 Å². The van der Waals surface area contributed by atoms with Gasteiger partial charge in [-0.15, -0.1) is 0 Å². The van der Waals surface area contributed by atoms with Crippen molar-refractivity contribution in [3.63, 3.8) is 0 Å². The summed E-state index contributed by atoms with van der Waals surface area (Å²) < 4.78 is 16.1. The van der Waals surface area contributed by atoms with E-state index in [1.165, 1.54) is 18.1 Å². The van der Waals surface area contributed by atoms with E-state index in [1.54, 1.807) is 39.0 Å². The summed E-state index contributed by atoms with van der Waals surface area (Å²) in [7, 11) is 1.43. The van der Waals surface area contributed by atoms with Gasteiger partial charge in [0.15, 0.2) is 0 Å². The quantitative estimate of drug-likeness (QED) is 0.520. The molecule has 1 amide bonds. The molecule has 2 aromatic rings. The Kier molecular flexibility index (Phi) is 8.24. The van der Waals surface area contributed by atoms with Crippen molar-refractivity contribution < 1.29 is 28.9 Å². The first-order valence-corrected chi connectivity index (χ1v) is 9.67. The van der Waals surface area contributed by atoms with Crippen LogP contribution in [0.3, 0.4) is 0 Å². The van der Waals surface area contributed by atoms with Gasteiger partial charge in [-0.1, -0.05) is 48.5 Å². The van der Waals surface area contributed by atoms with Crippen molar-refractivity contribution in [3.05, 3.63) is 65.7 Å². The van der Waals surface area contributed by atoms with Crippen molar-refractivity contribution in [1.82, 2.24) is 4.90 Å². The van der Waals surface area contributed by atoms with Crippen LogP contribution in [0.4, 0.5) is 4.79 Å². The number of phenolic OH excluding ortho intramolecular Hbond substituents is 1. The SMILES string of the molecule is COCN(C(=O)OC(C)(C)C)[C@@H](Cc1ccccc1)C(=O)OCc1ccccc1O. The van der Waals surface area contributed by atoms with E-state index >= 15 is 0 Å². The van der Waals surface area contributed by atoms with Crippen LogP contribution >= 0.6 is 0 Å². The maximum absolute atomic E-state index is 13.0. The minimum Gasteiger partial charge on any atom is -0.508 e. The van der Waals surface area contributed by atoms with Crippen molar-refractivity contribution in [2.75, 3.05) is 13.8 Å². The number of rotatable bonds is 8. The van der Waals surface area contributed by atoms with Crippen molar-refractivity contribution in [1.29, 1.82) is 0 Å². The van der Waals surface area contributed by atoms with Crippen LogP contribution in [-0.4, -0.2) is 47.6 Å². The van der Waals surface area contributed by atoms with E-state index in [0.717, 1.165) is 5.56 Å². The third-order valence-electron chi connectivity index (χ3n) is 4.18. The molecule has 1 atom stereocenters. The van der Waals surface area contributed by atoms with Gasteiger partial charge in [0.05, 0.1) is 0 Å². The first-order valence-electron chi connectivity index (χ1n) is 9.67. The molecule has 0 spiro atoms. The second kappa shape index (κ2) is 10.6. The number of benzene rings is 2. The number of methoxy groups -OCH3 is 1. The Labute approximate surface area is 177 Å². The molecule has 7 heteroatoms. The Morgan fingerprint density at radius 1 is 1.03 bits per heavy atom. The number of esters is 1. The van der Waals surface area contributed by atoms with Gasteiger partial charge in [-0.25, -0.2) is 9.59 Å². The molecule has 2 aromatic carbocycles. The molecule has 162 valence electrons. The van der Waals surface area contributed by atoms with Gasteiger partial charge < -0.3 is 19.3 Å². The molecule has 30 heavy (non-hydrogen) atoms. The number of carbonyl (C=O) groups excluding carboxylic acids is 2. The average molecular weight is 415 g/mol. The molecule has 0 aliphatic heterocycles. The van der Waals surface area contributed by atoms with E-state index in [1.807, 2.05) is 30.3 Å². The van der Waals surface area contributed by atoms with E-state index in [2.05, 4.69) is 0 Å². The fourth-order valence-electron chi connectivity index (χ4n) is 2.77. The molecule has 0 aromatic heterocycles. The molecule has 0 aliphatic carbocycles. The summed E-state index contributed by atoms with van der Waals surface area (Å²) in [5.41, 5.74) is 0.589. The Balaban J connectivity index is 2.25. The van der Waals surface area contributed by atoms with Crippen molar-refractivity contribution in [2.45, 2.75) is 45.4 Å². The van der Waals surface area contributed by atoms with Crippen LogP contribution in [0.5, 0.6) is 5.75 Å². The monoisotopic (exact) mass is 415 g/mol. The molecule has 0 saturated heterocycles. The first-order chi connectivity index (χ1) is 14.2. The van der Waals surface area contributed by atoms with E-state index in [0.29, 0.717) is 5.56 Å². The Morgan fingerprint density at radius 2 is 1.67 bits per heavy atom. The van der Waals surface area contributed by atoms with Crippen LogP contribution in [0.25, 0.3) is 0 Å². The zero-order valence-corrected chi connectivity index (χ0v) is 17.8. The maximum Gasteiger partial charge on any atom is 0.412 e. The minimum atomic E-state index is -0.965. The highest BCUT2D eigenvalue weighted by Crippen LogP contribution is 2.19. The fraction of sp³-hybridized carbons (Fsp3) is 0.391. The van der Waals surface area contributed by atoms with Gasteiger partial charge in [-0.2, -0.15) is 0 Å². The minimum absolute atomic E-state index is 0.0331. The van der Waals surface area contributed by atoms with Crippen molar-refractivity contribution in [2.24, 2.45) is 0 Å². The lowest BCUT2D eigenvalue weighted by Gasteiger charge is -2.31. The highest BCUT2D eigenvalue weighted by atomic mass is 16.6. The summed E-state index contributed by atoms with van der Waals surface area (Å²) >= 11 is 0. The summed E-state index contributed by atoms with van der Waals surface area (Å²) in [5, 5.41) is 9.91. The van der Waals surface area contributed by atoms with E-state index in [9.17, 15) is 14.7 Å². The molecule has 2 rings (SSSR count). The molecule has 0 aliphatic rings. The smallest absolute Gasteiger partial charge is 0.412 e.